The number of benzene rings is 1. The fourth-order valence-corrected chi connectivity index (χ4v) is 6.37. The van der Waals surface area contributed by atoms with Crippen LogP contribution >= 0.6 is 0 Å². The van der Waals surface area contributed by atoms with Crippen LogP contribution in [0, 0.1) is 11.3 Å². The average molecular weight is 846 g/mol. The van der Waals surface area contributed by atoms with Crippen LogP contribution in [0.5, 0.6) is 11.8 Å². The third-order valence-electron chi connectivity index (χ3n) is 9.69. The Balaban J connectivity index is 1.30. The van der Waals surface area contributed by atoms with E-state index in [1.807, 2.05) is 11.4 Å². The van der Waals surface area contributed by atoms with E-state index in [1.54, 1.807) is 0 Å². The van der Waals surface area contributed by atoms with Gasteiger partial charge in [-0.2, -0.15) is 15.1 Å². The SMILES string of the molecule is CCCCCCCCCCCCCCCCCC(=O)Oc1ccc(C#N)c(OC(=O)c2cccc(C(=O)N3C(=O)NC(O/N=C/c4ccco4)C(F)(C(=O)OCC)C3=O)c2)n1. The van der Waals surface area contributed by atoms with Crippen LogP contribution in [0.25, 0.3) is 0 Å². The van der Waals surface area contributed by atoms with Crippen LogP contribution < -0.4 is 14.8 Å². The number of carbonyl (C=O) groups is 6. The number of imide groups is 3. The number of carbonyl (C=O) groups excluding carboxylic acids is 6. The Kier molecular flexibility index (Phi) is 19.0. The first-order valence-electron chi connectivity index (χ1n) is 20.8. The molecule has 1 aromatic carbocycles. The standard InChI is InChI=1S/C44H52FN5O11/c1-3-5-6-7-8-9-10-11-12-13-14-15-16-17-18-24-36(51)59-35-26-25-33(29-46)37(48-35)60-39(53)32-22-19-21-31(28-32)38(52)50-41(54)44(45,42(55)57-4-2)40(49-43(50)56)61-47-30-34-23-20-27-58-34/h19-23,25-28,30,40H,3-18,24H2,1-2H3,(H,49,56)/b47-30+. The topological polar surface area (TPSA) is 217 Å². The quantitative estimate of drug-likeness (QED) is 0.0212. The van der Waals surface area contributed by atoms with Crippen LogP contribution in [0.3, 0.4) is 0 Å². The molecule has 1 fully saturated rings. The zero-order valence-electron chi connectivity index (χ0n) is 34.5. The summed E-state index contributed by atoms with van der Waals surface area (Å²) in [6.45, 7) is 3.20. The number of amides is 4. The molecule has 4 rings (SSSR count). The Morgan fingerprint density at radius 1 is 0.885 bits per heavy atom. The van der Waals surface area contributed by atoms with Crippen LogP contribution in [-0.4, -0.2) is 70.4 Å². The van der Waals surface area contributed by atoms with E-state index in [1.165, 1.54) is 120 Å². The first kappa shape index (κ1) is 47.2. The predicted molar refractivity (Wildman–Crippen MR) is 217 cm³/mol. The molecule has 61 heavy (non-hydrogen) atoms. The molecule has 2 atom stereocenters. The van der Waals surface area contributed by atoms with Gasteiger partial charge in [0, 0.05) is 18.1 Å². The lowest BCUT2D eigenvalue weighted by atomic mass is 9.99. The predicted octanol–water partition coefficient (Wildman–Crippen LogP) is 8.27. The van der Waals surface area contributed by atoms with Gasteiger partial charge in [-0.25, -0.2) is 18.8 Å². The van der Waals surface area contributed by atoms with Gasteiger partial charge in [0.05, 0.1) is 18.4 Å². The number of ether oxygens (including phenoxy) is 3. The summed E-state index contributed by atoms with van der Waals surface area (Å²) >= 11 is 0. The van der Waals surface area contributed by atoms with Crippen molar-refractivity contribution in [1.82, 2.24) is 15.2 Å². The van der Waals surface area contributed by atoms with Gasteiger partial charge in [0.25, 0.3) is 18.0 Å². The number of hydrogen-bond donors (Lipinski definition) is 1. The van der Waals surface area contributed by atoms with Gasteiger partial charge < -0.3 is 23.5 Å². The molecule has 2 aromatic heterocycles. The molecule has 1 N–H and O–H groups in total. The molecule has 4 amide bonds. The Hall–Kier alpha value is -6.44. The highest BCUT2D eigenvalue weighted by molar-refractivity contribution is 6.24. The van der Waals surface area contributed by atoms with Crippen LogP contribution in [0.15, 0.2) is 64.4 Å². The number of hydrogen-bond acceptors (Lipinski definition) is 14. The second-order valence-corrected chi connectivity index (χ2v) is 14.3. The fourth-order valence-electron chi connectivity index (χ4n) is 6.37. The largest absolute Gasteiger partial charge is 0.463 e. The van der Waals surface area contributed by atoms with Crippen molar-refractivity contribution in [3.8, 4) is 17.8 Å². The molecule has 2 unspecified atom stereocenters. The number of alkyl halides is 1. The van der Waals surface area contributed by atoms with Gasteiger partial charge in [-0.15, -0.1) is 0 Å². The number of urea groups is 1. The fraction of sp³-hybridized carbons (Fsp3) is 0.477. The number of aromatic nitrogens is 1. The number of unbranched alkanes of at least 4 members (excludes halogenated alkanes) is 14. The number of nitrogens with one attached hydrogen (secondary N) is 1. The number of halogens is 1. The zero-order chi connectivity index (χ0) is 44.0. The minimum Gasteiger partial charge on any atom is -0.463 e. The number of nitriles is 1. The Labute approximate surface area is 353 Å². The van der Waals surface area contributed by atoms with Gasteiger partial charge >= 0.3 is 29.6 Å². The van der Waals surface area contributed by atoms with Crippen molar-refractivity contribution in [2.75, 3.05) is 6.61 Å². The highest BCUT2D eigenvalue weighted by Gasteiger charge is 2.65. The van der Waals surface area contributed by atoms with Gasteiger partial charge in [0.1, 0.15) is 23.6 Å². The van der Waals surface area contributed by atoms with E-state index >= 15 is 4.39 Å². The van der Waals surface area contributed by atoms with Crippen LogP contribution in [0.2, 0.25) is 0 Å². The van der Waals surface area contributed by atoms with Crippen LogP contribution in [0.1, 0.15) is 149 Å². The molecule has 0 radical (unpaired) electrons. The molecule has 0 bridgehead atoms. The van der Waals surface area contributed by atoms with Crippen molar-refractivity contribution in [3.05, 3.63) is 77.2 Å². The summed E-state index contributed by atoms with van der Waals surface area (Å²) in [4.78, 5) is 87.4. The zero-order valence-corrected chi connectivity index (χ0v) is 34.5. The molecule has 1 aliphatic heterocycles. The van der Waals surface area contributed by atoms with E-state index in [9.17, 15) is 34.0 Å². The number of pyridine rings is 1. The van der Waals surface area contributed by atoms with Gasteiger partial charge in [-0.05, 0) is 49.7 Å². The van der Waals surface area contributed by atoms with Crippen molar-refractivity contribution in [3.63, 3.8) is 0 Å². The van der Waals surface area contributed by atoms with Crippen molar-refractivity contribution < 1.29 is 56.6 Å². The molecule has 16 nitrogen and oxygen atoms in total. The maximum Gasteiger partial charge on any atom is 0.360 e. The van der Waals surface area contributed by atoms with E-state index in [0.717, 1.165) is 37.6 Å². The molecule has 0 aliphatic carbocycles. The highest BCUT2D eigenvalue weighted by Crippen LogP contribution is 2.29. The molecule has 1 saturated heterocycles. The number of nitrogens with zero attached hydrogens (tertiary/aromatic N) is 4. The molecule has 3 aromatic rings. The molecular weight excluding hydrogens is 794 g/mol. The molecule has 1 aliphatic rings. The second kappa shape index (κ2) is 24.6. The summed E-state index contributed by atoms with van der Waals surface area (Å²) in [6, 6.07) is 10.3. The third kappa shape index (κ3) is 13.8. The minimum absolute atomic E-state index is 0.143. The molecule has 326 valence electrons. The lowest BCUT2D eigenvalue weighted by Crippen LogP contribution is -2.72. The number of rotatable bonds is 25. The van der Waals surface area contributed by atoms with Gasteiger partial charge in [0.2, 0.25) is 11.8 Å². The Bertz CT molecular complexity index is 2030. The molecule has 0 saturated carbocycles. The van der Waals surface area contributed by atoms with Crippen LogP contribution in [-0.2, 0) is 24.0 Å². The lowest BCUT2D eigenvalue weighted by Gasteiger charge is -2.37. The van der Waals surface area contributed by atoms with Gasteiger partial charge in [-0.1, -0.05) is 108 Å². The maximum absolute atomic E-state index is 16.4. The molecule has 3 heterocycles. The summed E-state index contributed by atoms with van der Waals surface area (Å²) in [6.07, 6.45) is 17.9. The summed E-state index contributed by atoms with van der Waals surface area (Å²) < 4.78 is 36.9. The highest BCUT2D eigenvalue weighted by atomic mass is 19.1. The number of esters is 3. The molecule has 17 heteroatoms. The summed E-state index contributed by atoms with van der Waals surface area (Å²) in [5.41, 5.74) is -4.75. The van der Waals surface area contributed by atoms with Crippen LogP contribution in [0.4, 0.5) is 9.18 Å². The van der Waals surface area contributed by atoms with Crippen molar-refractivity contribution >= 4 is 42.0 Å². The third-order valence-corrected chi connectivity index (χ3v) is 9.69. The number of furan rings is 1. The summed E-state index contributed by atoms with van der Waals surface area (Å²) in [5, 5.41) is 15.0. The van der Waals surface area contributed by atoms with Crippen molar-refractivity contribution in [2.45, 2.75) is 128 Å². The second-order valence-electron chi connectivity index (χ2n) is 14.3. The van der Waals surface area contributed by atoms with Crippen molar-refractivity contribution in [1.29, 1.82) is 5.26 Å². The first-order valence-corrected chi connectivity index (χ1v) is 20.8. The Morgan fingerprint density at radius 3 is 2.13 bits per heavy atom. The average Bonchev–Trinajstić information content (AvgIpc) is 3.78. The van der Waals surface area contributed by atoms with E-state index in [4.69, 9.17) is 23.5 Å². The summed E-state index contributed by atoms with van der Waals surface area (Å²) in [7, 11) is 0. The normalized spacial score (nSPS) is 16.2. The Morgan fingerprint density at radius 2 is 1.52 bits per heavy atom. The number of oxime groups is 1. The van der Waals surface area contributed by atoms with Gasteiger partial charge in [0.15, 0.2) is 0 Å². The molecular formula is C44H52FN5O11. The first-order chi connectivity index (χ1) is 29.5. The van der Waals surface area contributed by atoms with E-state index in [-0.39, 0.29) is 40.7 Å². The van der Waals surface area contributed by atoms with E-state index < -0.39 is 59.1 Å². The minimum atomic E-state index is -3.78. The summed E-state index contributed by atoms with van der Waals surface area (Å²) in [5.74, 6) is -7.39. The van der Waals surface area contributed by atoms with Gasteiger partial charge in [-0.3, -0.25) is 19.7 Å². The maximum atomic E-state index is 16.4. The monoisotopic (exact) mass is 845 g/mol. The lowest BCUT2D eigenvalue weighted by molar-refractivity contribution is -0.183. The smallest absolute Gasteiger partial charge is 0.360 e. The molecule has 0 spiro atoms. The van der Waals surface area contributed by atoms with Crippen molar-refractivity contribution in [2.24, 2.45) is 5.16 Å². The van der Waals surface area contributed by atoms with E-state index in [0.29, 0.717) is 6.42 Å². The van der Waals surface area contributed by atoms with E-state index in [2.05, 4.69) is 17.1 Å².